The van der Waals surface area contributed by atoms with Crippen LogP contribution in [-0.2, 0) is 6.42 Å². The fourth-order valence-corrected chi connectivity index (χ4v) is 3.05. The van der Waals surface area contributed by atoms with Crippen LogP contribution in [0.2, 0.25) is 0 Å². The number of ketones is 1. The average molecular weight is 325 g/mol. The Morgan fingerprint density at radius 2 is 2.04 bits per heavy atom. The topological polar surface area (TPSA) is 62.1 Å². The van der Waals surface area contributed by atoms with Gasteiger partial charge in [0, 0.05) is 23.9 Å². The maximum Gasteiger partial charge on any atom is 0.166 e. The zero-order chi connectivity index (χ0) is 17.3. The first-order chi connectivity index (χ1) is 11.5. The number of aromatic nitrogens is 2. The lowest BCUT2D eigenvalue weighted by atomic mass is 9.98. The molecule has 1 aromatic carbocycles. The number of nitrogens with one attached hydrogen (secondary N) is 1. The second kappa shape index (κ2) is 6.61. The van der Waals surface area contributed by atoms with Gasteiger partial charge in [0.2, 0.25) is 0 Å². The standard InChI is InChI=1S/C19H23N3O2/c1-5-14-17(12(2)24-21-14)19-18(16(23)10-11-22(3)4)13-8-6-7-9-15(13)20-19/h6-9,20H,5,10-11H2,1-4H3. The molecule has 3 aromatic rings. The van der Waals surface area contributed by atoms with Crippen LogP contribution in [0.5, 0.6) is 0 Å². The molecule has 5 heteroatoms. The summed E-state index contributed by atoms with van der Waals surface area (Å²) in [6.45, 7) is 4.65. The van der Waals surface area contributed by atoms with E-state index in [4.69, 9.17) is 4.52 Å². The highest BCUT2D eigenvalue weighted by Crippen LogP contribution is 2.35. The van der Waals surface area contributed by atoms with E-state index in [1.54, 1.807) is 0 Å². The molecule has 0 aliphatic carbocycles. The lowest BCUT2D eigenvalue weighted by molar-refractivity contribution is 0.0975. The zero-order valence-electron chi connectivity index (χ0n) is 14.6. The molecule has 2 aromatic heterocycles. The molecule has 3 rings (SSSR count). The van der Waals surface area contributed by atoms with Crippen molar-refractivity contribution in [1.82, 2.24) is 15.0 Å². The van der Waals surface area contributed by atoms with Crippen LogP contribution in [0.1, 0.15) is 35.2 Å². The first kappa shape index (κ1) is 16.5. The third-order valence-corrected chi connectivity index (χ3v) is 4.29. The fraction of sp³-hybridized carbons (Fsp3) is 0.368. The number of benzene rings is 1. The van der Waals surface area contributed by atoms with Crippen LogP contribution in [0, 0.1) is 6.92 Å². The zero-order valence-corrected chi connectivity index (χ0v) is 14.6. The van der Waals surface area contributed by atoms with E-state index >= 15 is 0 Å². The quantitative estimate of drug-likeness (QED) is 0.700. The first-order valence-corrected chi connectivity index (χ1v) is 8.27. The van der Waals surface area contributed by atoms with E-state index in [2.05, 4.69) is 10.1 Å². The molecule has 0 aliphatic heterocycles. The summed E-state index contributed by atoms with van der Waals surface area (Å²) in [5.74, 6) is 0.874. The van der Waals surface area contributed by atoms with Crippen molar-refractivity contribution < 1.29 is 9.32 Å². The number of H-pyrrole nitrogens is 1. The minimum absolute atomic E-state index is 0.138. The van der Waals surface area contributed by atoms with Gasteiger partial charge in [0.05, 0.1) is 22.5 Å². The van der Waals surface area contributed by atoms with Gasteiger partial charge in [-0.1, -0.05) is 30.3 Å². The molecule has 0 spiro atoms. The summed E-state index contributed by atoms with van der Waals surface area (Å²) in [6.07, 6.45) is 1.24. The van der Waals surface area contributed by atoms with E-state index in [0.717, 1.165) is 52.1 Å². The number of aromatic amines is 1. The normalized spacial score (nSPS) is 11.5. The van der Waals surface area contributed by atoms with E-state index in [9.17, 15) is 4.79 Å². The van der Waals surface area contributed by atoms with Crippen molar-refractivity contribution in [3.63, 3.8) is 0 Å². The van der Waals surface area contributed by atoms with Crippen LogP contribution in [0.25, 0.3) is 22.2 Å². The number of Topliss-reactive ketones (excluding diaryl/α,β-unsaturated/α-hetero) is 1. The SMILES string of the molecule is CCc1noc(C)c1-c1[nH]c2ccccc2c1C(=O)CCN(C)C. The third kappa shape index (κ3) is 2.87. The molecule has 0 fully saturated rings. The number of para-hydroxylation sites is 1. The Morgan fingerprint density at radius 1 is 1.29 bits per heavy atom. The Labute approximate surface area is 141 Å². The summed E-state index contributed by atoms with van der Waals surface area (Å²) in [5.41, 5.74) is 4.33. The molecule has 24 heavy (non-hydrogen) atoms. The summed E-state index contributed by atoms with van der Waals surface area (Å²) >= 11 is 0. The van der Waals surface area contributed by atoms with Crippen molar-refractivity contribution >= 4 is 16.7 Å². The molecule has 0 unspecified atom stereocenters. The van der Waals surface area contributed by atoms with Gasteiger partial charge < -0.3 is 14.4 Å². The Balaban J connectivity index is 2.19. The van der Waals surface area contributed by atoms with Gasteiger partial charge in [-0.25, -0.2) is 0 Å². The smallest absolute Gasteiger partial charge is 0.166 e. The minimum Gasteiger partial charge on any atom is -0.361 e. The molecule has 126 valence electrons. The van der Waals surface area contributed by atoms with Gasteiger partial charge >= 0.3 is 0 Å². The van der Waals surface area contributed by atoms with E-state index in [1.165, 1.54) is 0 Å². The predicted molar refractivity (Wildman–Crippen MR) is 95.4 cm³/mol. The van der Waals surface area contributed by atoms with Crippen molar-refractivity contribution in [2.24, 2.45) is 0 Å². The van der Waals surface area contributed by atoms with Crippen molar-refractivity contribution in [3.8, 4) is 11.3 Å². The molecular formula is C19H23N3O2. The van der Waals surface area contributed by atoms with Gasteiger partial charge in [0.25, 0.3) is 0 Å². The van der Waals surface area contributed by atoms with Gasteiger partial charge in [0.1, 0.15) is 5.76 Å². The Morgan fingerprint density at radius 3 is 2.75 bits per heavy atom. The van der Waals surface area contributed by atoms with Gasteiger partial charge in [-0.2, -0.15) is 0 Å². The lowest BCUT2D eigenvalue weighted by Crippen LogP contribution is -2.17. The van der Waals surface area contributed by atoms with Crippen molar-refractivity contribution in [2.75, 3.05) is 20.6 Å². The first-order valence-electron chi connectivity index (χ1n) is 8.27. The highest BCUT2D eigenvalue weighted by Gasteiger charge is 2.24. The van der Waals surface area contributed by atoms with E-state index in [1.807, 2.05) is 57.1 Å². The number of carbonyl (C=O) groups excluding carboxylic acids is 1. The molecule has 5 nitrogen and oxygen atoms in total. The van der Waals surface area contributed by atoms with Crippen LogP contribution >= 0.6 is 0 Å². The summed E-state index contributed by atoms with van der Waals surface area (Å²) in [6, 6.07) is 7.92. The van der Waals surface area contributed by atoms with Crippen LogP contribution < -0.4 is 0 Å². The number of aryl methyl sites for hydroxylation is 2. The molecule has 0 bridgehead atoms. The molecule has 0 saturated carbocycles. The number of rotatable bonds is 6. The van der Waals surface area contributed by atoms with Crippen molar-refractivity contribution in [1.29, 1.82) is 0 Å². The second-order valence-electron chi connectivity index (χ2n) is 6.31. The Hall–Kier alpha value is -2.40. The summed E-state index contributed by atoms with van der Waals surface area (Å²) in [7, 11) is 3.95. The van der Waals surface area contributed by atoms with Crippen LogP contribution in [0.15, 0.2) is 28.8 Å². The Kier molecular flexibility index (Phi) is 4.53. The highest BCUT2D eigenvalue weighted by atomic mass is 16.5. The van der Waals surface area contributed by atoms with E-state index < -0.39 is 0 Å². The number of hydrogen-bond acceptors (Lipinski definition) is 4. The summed E-state index contributed by atoms with van der Waals surface area (Å²) in [5, 5.41) is 5.10. The van der Waals surface area contributed by atoms with Crippen LogP contribution in [-0.4, -0.2) is 41.5 Å². The van der Waals surface area contributed by atoms with Crippen molar-refractivity contribution in [2.45, 2.75) is 26.7 Å². The van der Waals surface area contributed by atoms with Gasteiger partial charge in [-0.3, -0.25) is 4.79 Å². The van der Waals surface area contributed by atoms with Gasteiger partial charge in [0.15, 0.2) is 5.78 Å². The molecule has 0 amide bonds. The fourth-order valence-electron chi connectivity index (χ4n) is 3.05. The minimum atomic E-state index is 0.138. The summed E-state index contributed by atoms with van der Waals surface area (Å²) < 4.78 is 5.38. The number of hydrogen-bond donors (Lipinski definition) is 1. The van der Waals surface area contributed by atoms with Gasteiger partial charge in [-0.05, 0) is 33.5 Å². The molecule has 0 atom stereocenters. The third-order valence-electron chi connectivity index (χ3n) is 4.29. The summed E-state index contributed by atoms with van der Waals surface area (Å²) in [4.78, 5) is 18.4. The largest absolute Gasteiger partial charge is 0.361 e. The Bertz CT molecular complexity index is 874. The number of fused-ring (bicyclic) bond motifs is 1. The molecular weight excluding hydrogens is 302 g/mol. The molecule has 0 radical (unpaired) electrons. The monoisotopic (exact) mass is 325 g/mol. The highest BCUT2D eigenvalue weighted by molar-refractivity contribution is 6.13. The van der Waals surface area contributed by atoms with E-state index in [-0.39, 0.29) is 5.78 Å². The molecule has 0 saturated heterocycles. The van der Waals surface area contributed by atoms with Crippen LogP contribution in [0.4, 0.5) is 0 Å². The maximum absolute atomic E-state index is 13.0. The van der Waals surface area contributed by atoms with E-state index in [0.29, 0.717) is 6.42 Å². The average Bonchev–Trinajstić information content (AvgIpc) is 3.12. The van der Waals surface area contributed by atoms with Crippen molar-refractivity contribution in [3.05, 3.63) is 41.3 Å². The van der Waals surface area contributed by atoms with Crippen LogP contribution in [0.3, 0.4) is 0 Å². The molecule has 1 N–H and O–H groups in total. The van der Waals surface area contributed by atoms with Gasteiger partial charge in [-0.15, -0.1) is 0 Å². The number of carbonyl (C=O) groups is 1. The lowest BCUT2D eigenvalue weighted by Gasteiger charge is -2.09. The molecule has 2 heterocycles. The molecule has 0 aliphatic rings. The predicted octanol–water partition coefficient (Wildman–Crippen LogP) is 3.83. The number of nitrogens with zero attached hydrogens (tertiary/aromatic N) is 2. The second-order valence-corrected chi connectivity index (χ2v) is 6.31. The maximum atomic E-state index is 13.0.